The summed E-state index contributed by atoms with van der Waals surface area (Å²) in [6, 6.07) is 12.0. The van der Waals surface area contributed by atoms with E-state index in [4.69, 9.17) is 9.97 Å². The minimum Gasteiger partial charge on any atom is -0.340 e. The van der Waals surface area contributed by atoms with Gasteiger partial charge in [-0.05, 0) is 94.9 Å². The number of hydrogen-bond donors (Lipinski definition) is 4. The molecule has 4 N–H and O–H groups in total. The van der Waals surface area contributed by atoms with E-state index in [-0.39, 0.29) is 0 Å². The molecule has 6 aromatic heterocycles. The van der Waals surface area contributed by atoms with Gasteiger partial charge in [0.05, 0.1) is 44.6 Å². The fourth-order valence-electron chi connectivity index (χ4n) is 5.88. The third-order valence-electron chi connectivity index (χ3n) is 8.21. The summed E-state index contributed by atoms with van der Waals surface area (Å²) in [6.45, 7) is 4.14. The molecule has 2 aliphatic rings. The van der Waals surface area contributed by atoms with E-state index in [1.807, 2.05) is 33.3 Å². The number of rotatable bonds is 6. The molecule has 0 radical (unpaired) electrons. The van der Waals surface area contributed by atoms with Crippen LogP contribution in [-0.2, 0) is 0 Å². The van der Waals surface area contributed by atoms with Gasteiger partial charge in [0.25, 0.3) is 0 Å². The van der Waals surface area contributed by atoms with E-state index in [1.165, 1.54) is 12.8 Å². The number of hydrogen-bond acceptors (Lipinski definition) is 10. The van der Waals surface area contributed by atoms with Crippen LogP contribution < -0.4 is 21.3 Å². The Morgan fingerprint density at radius 1 is 0.674 bits per heavy atom. The predicted molar refractivity (Wildman–Crippen MR) is 186 cm³/mol. The van der Waals surface area contributed by atoms with Gasteiger partial charge in [-0.1, -0.05) is 0 Å². The number of nitrogens with one attached hydrogen (secondary N) is 4. The molecule has 8 heterocycles. The fourth-order valence-corrected chi connectivity index (χ4v) is 6.58. The smallest absolute Gasteiger partial charge is 0.171 e. The monoisotopic (exact) mass is 744 g/mol. The maximum absolute atomic E-state index is 4.82. The number of nitrogens with zero attached hydrogens (tertiary/aromatic N) is 8. The second kappa shape index (κ2) is 14.2. The molecule has 0 saturated carbocycles. The highest BCUT2D eigenvalue weighted by Crippen LogP contribution is 2.30. The first-order valence-corrected chi connectivity index (χ1v) is 17.0. The topological polar surface area (TPSA) is 134 Å². The average Bonchev–Trinajstić information content (AvgIpc) is 3.69. The quantitative estimate of drug-likeness (QED) is 0.156. The van der Waals surface area contributed by atoms with Gasteiger partial charge in [0.1, 0.15) is 11.6 Å². The van der Waals surface area contributed by atoms with Gasteiger partial charge >= 0.3 is 0 Å². The molecule has 8 rings (SSSR count). The van der Waals surface area contributed by atoms with Crippen molar-refractivity contribution in [1.82, 2.24) is 49.8 Å². The molecular weight excluding hydrogens is 712 g/mol. The molecule has 0 amide bonds. The maximum atomic E-state index is 4.82. The van der Waals surface area contributed by atoms with Crippen molar-refractivity contribution in [3.63, 3.8) is 0 Å². The molecule has 0 bridgehead atoms. The lowest BCUT2D eigenvalue weighted by molar-refractivity contribution is 0.455. The Balaban J connectivity index is 0.000000147. The van der Waals surface area contributed by atoms with E-state index in [2.05, 4.69) is 85.4 Å². The molecule has 6 aromatic rings. The number of anilines is 4. The summed E-state index contributed by atoms with van der Waals surface area (Å²) < 4.78 is 5.44. The van der Waals surface area contributed by atoms with E-state index in [9.17, 15) is 0 Å². The molecule has 12 nitrogen and oxygen atoms in total. The molecular formula is C32H34Br2N12. The van der Waals surface area contributed by atoms with Crippen LogP contribution in [0.1, 0.15) is 48.9 Å². The minimum absolute atomic E-state index is 0.435. The fraction of sp³-hybridized carbons (Fsp3) is 0.312. The summed E-state index contributed by atoms with van der Waals surface area (Å²) in [4.78, 5) is 17.8. The summed E-state index contributed by atoms with van der Waals surface area (Å²) in [5.74, 6) is 2.68. The molecule has 2 saturated heterocycles. The lowest BCUT2D eigenvalue weighted by Crippen LogP contribution is -2.29. The van der Waals surface area contributed by atoms with Crippen molar-refractivity contribution in [2.45, 2.75) is 37.5 Å². The Kier molecular flexibility index (Phi) is 9.47. The van der Waals surface area contributed by atoms with Gasteiger partial charge in [0.15, 0.2) is 11.3 Å². The first-order valence-electron chi connectivity index (χ1n) is 15.5. The largest absolute Gasteiger partial charge is 0.340 e. The van der Waals surface area contributed by atoms with Crippen molar-refractivity contribution < 1.29 is 0 Å². The molecule has 0 aliphatic carbocycles. The van der Waals surface area contributed by atoms with Gasteiger partial charge in [0, 0.05) is 61.3 Å². The van der Waals surface area contributed by atoms with E-state index in [0.29, 0.717) is 11.8 Å². The van der Waals surface area contributed by atoms with Gasteiger partial charge < -0.3 is 21.3 Å². The van der Waals surface area contributed by atoms with Crippen LogP contribution in [0.5, 0.6) is 0 Å². The Labute approximate surface area is 283 Å². The van der Waals surface area contributed by atoms with Gasteiger partial charge in [-0.25, -0.2) is 9.97 Å². The normalized spacial score (nSPS) is 18.2. The van der Waals surface area contributed by atoms with Crippen molar-refractivity contribution in [3.8, 4) is 0 Å². The van der Waals surface area contributed by atoms with Gasteiger partial charge in [-0.15, -0.1) is 0 Å². The molecule has 2 fully saturated rings. The van der Waals surface area contributed by atoms with Crippen LogP contribution in [0.3, 0.4) is 0 Å². The molecule has 2 unspecified atom stereocenters. The SMILES string of the molecule is Brc1cnn2c(Nc3cccnc3)cc(C3CCCNC3)nc12.Brc1cnn2c(Nc3ccncc3)cc(C3CCCNC3)nc12. The van der Waals surface area contributed by atoms with Crippen LogP contribution in [0.15, 0.2) is 82.5 Å². The first kappa shape index (κ1) is 30.7. The van der Waals surface area contributed by atoms with Crippen LogP contribution in [0, 0.1) is 0 Å². The van der Waals surface area contributed by atoms with E-state index >= 15 is 0 Å². The molecule has 46 heavy (non-hydrogen) atoms. The molecule has 0 spiro atoms. The second-order valence-electron chi connectivity index (χ2n) is 11.4. The van der Waals surface area contributed by atoms with Crippen molar-refractivity contribution in [2.24, 2.45) is 0 Å². The highest BCUT2D eigenvalue weighted by molar-refractivity contribution is 9.11. The van der Waals surface area contributed by atoms with Gasteiger partial charge in [0.2, 0.25) is 0 Å². The van der Waals surface area contributed by atoms with Gasteiger partial charge in [-0.2, -0.15) is 19.2 Å². The third kappa shape index (κ3) is 6.89. The number of aromatic nitrogens is 8. The zero-order valence-corrected chi connectivity index (χ0v) is 28.2. The number of fused-ring (bicyclic) bond motifs is 2. The predicted octanol–water partition coefficient (Wildman–Crippen LogP) is 6.19. The van der Waals surface area contributed by atoms with Crippen LogP contribution >= 0.6 is 31.9 Å². The first-order chi connectivity index (χ1) is 22.6. The minimum atomic E-state index is 0.435. The third-order valence-corrected chi connectivity index (χ3v) is 9.33. The molecule has 2 aliphatic heterocycles. The summed E-state index contributed by atoms with van der Waals surface area (Å²) >= 11 is 7.09. The highest BCUT2D eigenvalue weighted by atomic mass is 79.9. The number of pyridine rings is 2. The Hall–Kier alpha value is -3.98. The van der Waals surface area contributed by atoms with Gasteiger partial charge in [-0.3, -0.25) is 9.97 Å². The summed E-state index contributed by atoms with van der Waals surface area (Å²) in [5, 5.41) is 22.5. The van der Waals surface area contributed by atoms with E-state index in [1.54, 1.807) is 37.2 Å². The van der Waals surface area contributed by atoms with Crippen molar-refractivity contribution in [2.75, 3.05) is 36.8 Å². The van der Waals surface area contributed by atoms with Crippen LogP contribution in [-0.4, -0.2) is 65.3 Å². The highest BCUT2D eigenvalue weighted by Gasteiger charge is 2.21. The zero-order chi connectivity index (χ0) is 31.3. The number of piperidine rings is 2. The standard InChI is InChI=1S/2C16H17BrN6/c17-13-10-20-23-15(21-12-4-2-6-19-9-12)7-14(22-16(13)23)11-3-1-5-18-8-11;17-13-10-20-23-15(21-12-3-6-18-7-4-12)8-14(22-16(13)23)11-2-1-5-19-9-11/h2,4,6-7,9-11,18,21H,1,3,5,8H2;3-4,6-8,10-11,19H,1-2,5,9H2,(H,18,21). The maximum Gasteiger partial charge on any atom is 0.171 e. The van der Waals surface area contributed by atoms with E-state index < -0.39 is 0 Å². The van der Waals surface area contributed by atoms with Crippen LogP contribution in [0.25, 0.3) is 11.3 Å². The second-order valence-corrected chi connectivity index (χ2v) is 13.1. The Morgan fingerprint density at radius 2 is 1.24 bits per heavy atom. The Bertz CT molecular complexity index is 1760. The van der Waals surface area contributed by atoms with E-state index in [0.717, 1.165) is 93.7 Å². The molecule has 2 atom stereocenters. The van der Waals surface area contributed by atoms with Crippen LogP contribution in [0.2, 0.25) is 0 Å². The average molecular weight is 747 g/mol. The molecule has 14 heteroatoms. The summed E-state index contributed by atoms with van der Waals surface area (Å²) in [5.41, 5.74) is 5.77. The van der Waals surface area contributed by atoms with Crippen molar-refractivity contribution in [3.05, 3.63) is 93.9 Å². The lowest BCUT2D eigenvalue weighted by atomic mass is 9.96. The number of halogens is 2. The van der Waals surface area contributed by atoms with Crippen molar-refractivity contribution >= 4 is 66.2 Å². The molecule has 236 valence electrons. The van der Waals surface area contributed by atoms with Crippen molar-refractivity contribution in [1.29, 1.82) is 0 Å². The zero-order valence-electron chi connectivity index (χ0n) is 25.1. The van der Waals surface area contributed by atoms with Crippen LogP contribution in [0.4, 0.5) is 23.0 Å². The lowest BCUT2D eigenvalue weighted by Gasteiger charge is -2.23. The molecule has 0 aromatic carbocycles. The summed E-state index contributed by atoms with van der Waals surface area (Å²) in [7, 11) is 0. The summed E-state index contributed by atoms with van der Waals surface area (Å²) in [6.07, 6.45) is 15.4. The Morgan fingerprint density at radius 3 is 1.74 bits per heavy atom.